The van der Waals surface area contributed by atoms with Crippen LogP contribution in [0.3, 0.4) is 0 Å². The Kier molecular flexibility index (Phi) is 8.91. The van der Waals surface area contributed by atoms with Crippen molar-refractivity contribution in [1.82, 2.24) is 0 Å². The summed E-state index contributed by atoms with van der Waals surface area (Å²) in [6.45, 7) is 8.28. The van der Waals surface area contributed by atoms with Crippen LogP contribution in [0.15, 0.2) is 73.3 Å². The molecule has 0 bridgehead atoms. The highest BCUT2D eigenvalue weighted by molar-refractivity contribution is 5.81. The Morgan fingerprint density at radius 1 is 1.00 bits per heavy atom. The van der Waals surface area contributed by atoms with Crippen molar-refractivity contribution >= 4 is 5.97 Å². The Hall–Kier alpha value is -2.55. The van der Waals surface area contributed by atoms with Crippen molar-refractivity contribution in [3.63, 3.8) is 0 Å². The van der Waals surface area contributed by atoms with Crippen molar-refractivity contribution in [2.24, 2.45) is 0 Å². The highest BCUT2D eigenvalue weighted by Crippen LogP contribution is 2.11. The molecule has 0 aliphatic heterocycles. The molecular weight excluding hydrogens is 288 g/mol. The predicted molar refractivity (Wildman–Crippen MR) is 93.6 cm³/mol. The van der Waals surface area contributed by atoms with Gasteiger partial charge in [-0.25, -0.2) is 4.79 Å². The Labute approximate surface area is 138 Å². The van der Waals surface area contributed by atoms with Crippen LogP contribution in [0.2, 0.25) is 0 Å². The Morgan fingerprint density at radius 3 is 2.04 bits per heavy atom. The lowest BCUT2D eigenvalue weighted by Gasteiger charge is -2.05. The molecule has 3 nitrogen and oxygen atoms in total. The molecule has 23 heavy (non-hydrogen) atoms. The highest BCUT2D eigenvalue weighted by atomic mass is 16.6. The van der Waals surface area contributed by atoms with Gasteiger partial charge in [-0.05, 0) is 23.6 Å². The predicted octanol–water partition coefficient (Wildman–Crippen LogP) is 4.60. The molecule has 0 unspecified atom stereocenters. The second-order valence-electron chi connectivity index (χ2n) is 5.10. The first-order valence-electron chi connectivity index (χ1n) is 7.65. The molecule has 0 N–H and O–H groups in total. The van der Waals surface area contributed by atoms with Gasteiger partial charge in [0.1, 0.15) is 19.0 Å². The summed E-state index contributed by atoms with van der Waals surface area (Å²) in [6, 6.07) is 19.9. The summed E-state index contributed by atoms with van der Waals surface area (Å²) in [5, 5.41) is 0. The molecule has 2 aromatic rings. The smallest absolute Gasteiger partial charge is 0.330 e. The van der Waals surface area contributed by atoms with Crippen molar-refractivity contribution in [2.75, 3.05) is 13.2 Å². The van der Waals surface area contributed by atoms with Crippen LogP contribution in [-0.2, 0) is 9.53 Å². The minimum absolute atomic E-state index is 0.236. The summed E-state index contributed by atoms with van der Waals surface area (Å²) in [5.41, 5.74) is 1.41. The highest BCUT2D eigenvalue weighted by Gasteiger charge is 1.95. The molecule has 0 atom stereocenters. The summed E-state index contributed by atoms with van der Waals surface area (Å²) < 4.78 is 10.0. The van der Waals surface area contributed by atoms with Crippen LogP contribution in [0.1, 0.15) is 25.3 Å². The Balaban J connectivity index is 0.000000253. The van der Waals surface area contributed by atoms with E-state index in [2.05, 4.69) is 44.7 Å². The van der Waals surface area contributed by atoms with Crippen LogP contribution in [0.25, 0.3) is 0 Å². The third-order valence-corrected chi connectivity index (χ3v) is 2.97. The zero-order valence-corrected chi connectivity index (χ0v) is 13.8. The number of esters is 1. The SMILES string of the molecule is C=CC(=O)OCCOc1ccccc1.CC(C)c1ccccc1. The first kappa shape index (κ1) is 18.5. The van der Waals surface area contributed by atoms with Gasteiger partial charge in [-0.2, -0.15) is 0 Å². The van der Waals surface area contributed by atoms with Gasteiger partial charge in [0.15, 0.2) is 0 Å². The number of rotatable bonds is 6. The first-order chi connectivity index (χ1) is 11.1. The topological polar surface area (TPSA) is 35.5 Å². The lowest BCUT2D eigenvalue weighted by Crippen LogP contribution is -2.09. The van der Waals surface area contributed by atoms with Crippen molar-refractivity contribution in [3.8, 4) is 5.75 Å². The molecule has 0 fully saturated rings. The van der Waals surface area contributed by atoms with E-state index in [1.54, 1.807) is 0 Å². The van der Waals surface area contributed by atoms with E-state index in [1.165, 1.54) is 5.56 Å². The van der Waals surface area contributed by atoms with Crippen molar-refractivity contribution < 1.29 is 14.3 Å². The van der Waals surface area contributed by atoms with Gasteiger partial charge in [-0.3, -0.25) is 0 Å². The molecule has 0 aliphatic rings. The van der Waals surface area contributed by atoms with Crippen LogP contribution in [0.5, 0.6) is 5.75 Å². The molecule has 3 heteroatoms. The third kappa shape index (κ3) is 8.47. The summed E-state index contributed by atoms with van der Waals surface area (Å²) in [6.07, 6.45) is 1.13. The summed E-state index contributed by atoms with van der Waals surface area (Å²) >= 11 is 0. The molecule has 0 aromatic heterocycles. The fraction of sp³-hybridized carbons (Fsp3) is 0.250. The van der Waals surface area contributed by atoms with Crippen molar-refractivity contribution in [3.05, 3.63) is 78.9 Å². The average Bonchev–Trinajstić information content (AvgIpc) is 2.60. The average molecular weight is 312 g/mol. The van der Waals surface area contributed by atoms with Gasteiger partial charge in [0.05, 0.1) is 0 Å². The van der Waals surface area contributed by atoms with Crippen molar-refractivity contribution in [1.29, 1.82) is 0 Å². The first-order valence-corrected chi connectivity index (χ1v) is 7.65. The van der Waals surface area contributed by atoms with Crippen LogP contribution in [-0.4, -0.2) is 19.2 Å². The van der Waals surface area contributed by atoms with Gasteiger partial charge in [0.25, 0.3) is 0 Å². The van der Waals surface area contributed by atoms with Gasteiger partial charge in [0, 0.05) is 6.08 Å². The van der Waals surface area contributed by atoms with Crippen LogP contribution < -0.4 is 4.74 Å². The maximum Gasteiger partial charge on any atom is 0.330 e. The molecule has 2 rings (SSSR count). The van der Waals surface area contributed by atoms with Gasteiger partial charge in [-0.15, -0.1) is 0 Å². The van der Waals surface area contributed by atoms with E-state index in [9.17, 15) is 4.79 Å². The van der Waals surface area contributed by atoms with E-state index < -0.39 is 5.97 Å². The molecule has 0 saturated carbocycles. The van der Waals surface area contributed by atoms with Crippen LogP contribution in [0.4, 0.5) is 0 Å². The number of para-hydroxylation sites is 1. The summed E-state index contributed by atoms with van der Waals surface area (Å²) in [4.78, 5) is 10.6. The number of benzene rings is 2. The normalized spacial score (nSPS) is 9.52. The lowest BCUT2D eigenvalue weighted by atomic mass is 10.0. The minimum atomic E-state index is -0.429. The fourth-order valence-corrected chi connectivity index (χ4v) is 1.72. The zero-order valence-electron chi connectivity index (χ0n) is 13.8. The van der Waals surface area contributed by atoms with Crippen LogP contribution in [0, 0.1) is 0 Å². The summed E-state index contributed by atoms with van der Waals surface area (Å²) in [5.74, 6) is 0.995. The van der Waals surface area contributed by atoms with E-state index in [-0.39, 0.29) is 6.61 Å². The fourth-order valence-electron chi connectivity index (χ4n) is 1.72. The van der Waals surface area contributed by atoms with Crippen LogP contribution >= 0.6 is 0 Å². The molecule has 0 aliphatic carbocycles. The number of hydrogen-bond donors (Lipinski definition) is 0. The molecule has 0 amide bonds. The second-order valence-corrected chi connectivity index (χ2v) is 5.10. The number of carbonyl (C=O) groups excluding carboxylic acids is 1. The third-order valence-electron chi connectivity index (χ3n) is 2.97. The van der Waals surface area contributed by atoms with Gasteiger partial charge in [0.2, 0.25) is 0 Å². The molecule has 0 saturated heterocycles. The summed E-state index contributed by atoms with van der Waals surface area (Å²) in [7, 11) is 0. The van der Waals surface area contributed by atoms with Gasteiger partial charge in [-0.1, -0.05) is 69.0 Å². The van der Waals surface area contributed by atoms with E-state index in [4.69, 9.17) is 9.47 Å². The zero-order chi connectivity index (χ0) is 16.9. The van der Waals surface area contributed by atoms with E-state index in [0.29, 0.717) is 12.5 Å². The van der Waals surface area contributed by atoms with E-state index in [1.807, 2.05) is 36.4 Å². The second kappa shape index (κ2) is 11.1. The van der Waals surface area contributed by atoms with E-state index >= 15 is 0 Å². The molecule has 0 spiro atoms. The lowest BCUT2D eigenvalue weighted by molar-refractivity contribution is -0.138. The Morgan fingerprint density at radius 2 is 1.57 bits per heavy atom. The molecule has 0 heterocycles. The Bertz CT molecular complexity index is 562. The maximum absolute atomic E-state index is 10.6. The van der Waals surface area contributed by atoms with Gasteiger partial charge >= 0.3 is 5.97 Å². The monoisotopic (exact) mass is 312 g/mol. The minimum Gasteiger partial charge on any atom is -0.490 e. The largest absolute Gasteiger partial charge is 0.490 e. The standard InChI is InChI=1S/C11H12O3.C9H12/c1-2-11(12)14-9-8-13-10-6-4-3-5-7-10;1-8(2)9-6-4-3-5-7-9/h2-7H,1,8-9H2;3-8H,1-2H3. The molecular formula is C20H24O3. The van der Waals surface area contributed by atoms with Gasteiger partial charge < -0.3 is 9.47 Å². The quantitative estimate of drug-likeness (QED) is 0.444. The van der Waals surface area contributed by atoms with Crippen molar-refractivity contribution in [2.45, 2.75) is 19.8 Å². The number of ether oxygens (including phenoxy) is 2. The molecule has 122 valence electrons. The van der Waals surface area contributed by atoms with E-state index in [0.717, 1.165) is 11.8 Å². The number of hydrogen-bond acceptors (Lipinski definition) is 3. The number of carbonyl (C=O) groups is 1. The molecule has 0 radical (unpaired) electrons. The molecule has 2 aromatic carbocycles. The maximum atomic E-state index is 10.6.